The summed E-state index contributed by atoms with van der Waals surface area (Å²) in [5.41, 5.74) is 6.40. The molecule has 4 aromatic rings. The summed E-state index contributed by atoms with van der Waals surface area (Å²) < 4.78 is 15.4. The predicted octanol–water partition coefficient (Wildman–Crippen LogP) is 6.48. The molecule has 0 aliphatic heterocycles. The largest absolute Gasteiger partial charge is 0.282 e. The van der Waals surface area contributed by atoms with Gasteiger partial charge in [0.2, 0.25) is 0 Å². The van der Waals surface area contributed by atoms with Gasteiger partial charge in [0, 0.05) is 17.8 Å². The minimum Gasteiger partial charge on any atom is -0.282 e. The zero-order chi connectivity index (χ0) is 19.0. The molecule has 5 heteroatoms. The zero-order valence-electron chi connectivity index (χ0n) is 15.4. The van der Waals surface area contributed by atoms with Crippen LogP contribution in [0, 0.1) is 26.6 Å². The molecular weight excluding hydrogens is 339 g/mol. The van der Waals surface area contributed by atoms with Gasteiger partial charge >= 0.3 is 0 Å². The smallest absolute Gasteiger partial charge is 0.187 e. The Balaban J connectivity index is 1.94. The highest BCUT2D eigenvalue weighted by Crippen LogP contribution is 2.34. The normalized spacial score (nSPS) is 11.6. The summed E-state index contributed by atoms with van der Waals surface area (Å²) in [6.45, 7) is 6.12. The summed E-state index contributed by atoms with van der Waals surface area (Å²) in [7, 11) is 0. The Morgan fingerprint density at radius 2 is 1.70 bits per heavy atom. The number of imidazole rings is 1. The van der Waals surface area contributed by atoms with Gasteiger partial charge in [-0.15, -0.1) is 10.2 Å². The van der Waals surface area contributed by atoms with Gasteiger partial charge in [0.15, 0.2) is 5.82 Å². The molecule has 27 heavy (non-hydrogen) atoms. The van der Waals surface area contributed by atoms with E-state index in [2.05, 4.69) is 42.3 Å². The Morgan fingerprint density at radius 3 is 2.52 bits per heavy atom. The molecule has 0 aliphatic carbocycles. The number of azo groups is 1. The lowest BCUT2D eigenvalue weighted by molar-refractivity contribution is 0.628. The third kappa shape index (κ3) is 3.36. The average Bonchev–Trinajstić information content (AvgIpc) is 2.99. The lowest BCUT2D eigenvalue weighted by Crippen LogP contribution is -1.86. The maximum Gasteiger partial charge on any atom is 0.187 e. The number of fused-ring (bicyclic) bond motifs is 1. The highest BCUT2D eigenvalue weighted by molar-refractivity contribution is 5.77. The highest BCUT2D eigenvalue weighted by atomic mass is 19.1. The quantitative estimate of drug-likeness (QED) is 0.386. The van der Waals surface area contributed by atoms with Crippen LogP contribution < -0.4 is 0 Å². The van der Waals surface area contributed by atoms with E-state index in [9.17, 15) is 4.39 Å². The monoisotopic (exact) mass is 358 g/mol. The molecule has 0 N–H and O–H groups in total. The fourth-order valence-corrected chi connectivity index (χ4v) is 3.05. The molecule has 0 fully saturated rings. The number of benzene rings is 2. The van der Waals surface area contributed by atoms with Gasteiger partial charge in [-0.1, -0.05) is 29.8 Å². The van der Waals surface area contributed by atoms with E-state index >= 15 is 0 Å². The fourth-order valence-electron chi connectivity index (χ4n) is 3.05. The lowest BCUT2D eigenvalue weighted by Gasteiger charge is -2.05. The first-order chi connectivity index (χ1) is 13.0. The van der Waals surface area contributed by atoms with E-state index in [-0.39, 0.29) is 5.82 Å². The summed E-state index contributed by atoms with van der Waals surface area (Å²) >= 11 is 0. The molecule has 2 aromatic heterocycles. The maximum atomic E-state index is 13.5. The number of hydrogen-bond donors (Lipinski definition) is 0. The number of pyridine rings is 1. The van der Waals surface area contributed by atoms with Gasteiger partial charge in [0.25, 0.3) is 0 Å². The summed E-state index contributed by atoms with van der Waals surface area (Å²) in [6.07, 6.45) is 1.98. The second kappa shape index (κ2) is 6.76. The number of aryl methyl sites for hydroxylation is 3. The van der Waals surface area contributed by atoms with Gasteiger partial charge in [0.05, 0.1) is 5.69 Å². The molecule has 0 saturated carbocycles. The molecular formula is C22H19FN4. The van der Waals surface area contributed by atoms with Gasteiger partial charge in [-0.25, -0.2) is 9.37 Å². The molecule has 2 aromatic carbocycles. The predicted molar refractivity (Wildman–Crippen MR) is 105 cm³/mol. The summed E-state index contributed by atoms with van der Waals surface area (Å²) in [5, 5.41) is 8.70. The van der Waals surface area contributed by atoms with Crippen molar-refractivity contribution in [3.8, 4) is 11.3 Å². The minimum absolute atomic E-state index is 0.338. The van der Waals surface area contributed by atoms with E-state index in [1.807, 2.05) is 29.7 Å². The topological polar surface area (TPSA) is 42.0 Å². The number of nitrogens with zero attached hydrogens (tertiary/aromatic N) is 4. The van der Waals surface area contributed by atoms with Gasteiger partial charge in [-0.05, 0) is 56.2 Å². The van der Waals surface area contributed by atoms with Crippen molar-refractivity contribution < 1.29 is 4.39 Å². The maximum absolute atomic E-state index is 13.5. The number of aromatic nitrogens is 2. The van der Waals surface area contributed by atoms with Crippen molar-refractivity contribution in [3.05, 3.63) is 83.3 Å². The van der Waals surface area contributed by atoms with Crippen molar-refractivity contribution in [2.45, 2.75) is 20.8 Å². The molecule has 0 atom stereocenters. The van der Waals surface area contributed by atoms with Gasteiger partial charge < -0.3 is 0 Å². The van der Waals surface area contributed by atoms with Crippen LogP contribution >= 0.6 is 0 Å². The first-order valence-electron chi connectivity index (χ1n) is 8.75. The van der Waals surface area contributed by atoms with E-state index < -0.39 is 0 Å². The minimum atomic E-state index is -0.338. The lowest BCUT2D eigenvalue weighted by atomic mass is 10.0. The average molecular weight is 358 g/mol. The fraction of sp³-hybridized carbons (Fsp3) is 0.136. The molecule has 134 valence electrons. The third-order valence-electron chi connectivity index (χ3n) is 4.46. The van der Waals surface area contributed by atoms with Crippen LogP contribution in [0.5, 0.6) is 0 Å². The first kappa shape index (κ1) is 17.1. The molecule has 0 radical (unpaired) electrons. The Kier molecular flexibility index (Phi) is 4.28. The van der Waals surface area contributed by atoms with Crippen LogP contribution in [0.15, 0.2) is 71.0 Å². The number of hydrogen-bond acceptors (Lipinski definition) is 3. The van der Waals surface area contributed by atoms with Crippen molar-refractivity contribution in [2.75, 3.05) is 0 Å². The SMILES string of the molecule is Cc1ccc(C)c(-c2nc3ccc(C)cn3c2N=Nc2cccc(F)c2)c1. The molecule has 0 unspecified atom stereocenters. The van der Waals surface area contributed by atoms with Crippen LogP contribution in [0.4, 0.5) is 15.9 Å². The summed E-state index contributed by atoms with van der Waals surface area (Å²) in [6, 6.07) is 16.3. The molecule has 0 bridgehead atoms. The second-order valence-electron chi connectivity index (χ2n) is 6.72. The van der Waals surface area contributed by atoms with Crippen LogP contribution in [-0.4, -0.2) is 9.38 Å². The summed E-state index contributed by atoms with van der Waals surface area (Å²) in [5.74, 6) is 0.293. The highest BCUT2D eigenvalue weighted by Gasteiger charge is 2.16. The van der Waals surface area contributed by atoms with Crippen LogP contribution in [0.3, 0.4) is 0 Å². The number of halogens is 1. The van der Waals surface area contributed by atoms with Gasteiger partial charge in [-0.3, -0.25) is 4.40 Å². The van der Waals surface area contributed by atoms with Crippen LogP contribution in [-0.2, 0) is 0 Å². The van der Waals surface area contributed by atoms with E-state index in [1.54, 1.807) is 12.1 Å². The first-order valence-corrected chi connectivity index (χ1v) is 8.75. The van der Waals surface area contributed by atoms with E-state index in [1.165, 1.54) is 12.1 Å². The Hall–Kier alpha value is -3.34. The van der Waals surface area contributed by atoms with E-state index in [0.29, 0.717) is 11.5 Å². The molecule has 0 spiro atoms. The molecule has 0 aliphatic rings. The summed E-state index contributed by atoms with van der Waals surface area (Å²) in [4.78, 5) is 4.79. The second-order valence-corrected chi connectivity index (χ2v) is 6.72. The van der Waals surface area contributed by atoms with Crippen molar-refractivity contribution in [1.29, 1.82) is 0 Å². The Labute approximate surface area is 157 Å². The van der Waals surface area contributed by atoms with Crippen LogP contribution in [0.25, 0.3) is 16.9 Å². The van der Waals surface area contributed by atoms with Crippen molar-refractivity contribution in [3.63, 3.8) is 0 Å². The third-order valence-corrected chi connectivity index (χ3v) is 4.46. The van der Waals surface area contributed by atoms with Crippen LogP contribution in [0.2, 0.25) is 0 Å². The Morgan fingerprint density at radius 1 is 0.889 bits per heavy atom. The van der Waals surface area contributed by atoms with E-state index in [0.717, 1.165) is 33.6 Å². The van der Waals surface area contributed by atoms with Crippen LogP contribution in [0.1, 0.15) is 16.7 Å². The van der Waals surface area contributed by atoms with Crippen molar-refractivity contribution in [2.24, 2.45) is 10.2 Å². The van der Waals surface area contributed by atoms with Crippen molar-refractivity contribution in [1.82, 2.24) is 9.38 Å². The standard InChI is InChI=1S/C22H19FN4/c1-14-7-9-16(3)19(11-14)21-22(26-25-18-6-4-5-17(23)12-18)27-13-15(2)8-10-20(27)24-21/h4-13H,1-3H3. The molecule has 2 heterocycles. The van der Waals surface area contributed by atoms with Gasteiger partial charge in [-0.2, -0.15) is 0 Å². The number of rotatable bonds is 3. The molecule has 0 saturated heterocycles. The van der Waals surface area contributed by atoms with E-state index in [4.69, 9.17) is 4.98 Å². The molecule has 4 rings (SSSR count). The van der Waals surface area contributed by atoms with Crippen molar-refractivity contribution >= 4 is 17.2 Å². The Bertz CT molecular complexity index is 1170. The zero-order valence-corrected chi connectivity index (χ0v) is 15.4. The molecule has 0 amide bonds. The molecule has 4 nitrogen and oxygen atoms in total. The van der Waals surface area contributed by atoms with Gasteiger partial charge in [0.1, 0.15) is 17.2 Å².